The van der Waals surface area contributed by atoms with E-state index >= 15 is 0 Å². The molecule has 2 aromatic carbocycles. The van der Waals surface area contributed by atoms with Gasteiger partial charge in [-0.3, -0.25) is 9.69 Å². The third-order valence-corrected chi connectivity index (χ3v) is 4.09. The van der Waals surface area contributed by atoms with Gasteiger partial charge < -0.3 is 14.8 Å². The maximum Gasteiger partial charge on any atom is 0.414 e. The van der Waals surface area contributed by atoms with Gasteiger partial charge in [-0.25, -0.2) is 4.79 Å². The standard InChI is InChI=1S/C18H17ClN2O4/c1-24-15-4-2-3-14(9-15)21-11-16(25-18(21)23)10-20-17(22)12-5-7-13(19)8-6-12/h2-9,16H,10-11H2,1H3,(H,20,22). The van der Waals surface area contributed by atoms with E-state index in [4.69, 9.17) is 21.1 Å². The van der Waals surface area contributed by atoms with Crippen LogP contribution in [0.5, 0.6) is 5.75 Å². The van der Waals surface area contributed by atoms with Crippen molar-refractivity contribution < 1.29 is 19.1 Å². The van der Waals surface area contributed by atoms with Gasteiger partial charge >= 0.3 is 6.09 Å². The zero-order chi connectivity index (χ0) is 17.8. The number of rotatable bonds is 5. The lowest BCUT2D eigenvalue weighted by molar-refractivity contribution is 0.0916. The Labute approximate surface area is 150 Å². The van der Waals surface area contributed by atoms with Crippen molar-refractivity contribution in [2.45, 2.75) is 6.10 Å². The lowest BCUT2D eigenvalue weighted by atomic mass is 10.2. The summed E-state index contributed by atoms with van der Waals surface area (Å²) in [5.74, 6) is 0.414. The number of methoxy groups -OCH3 is 1. The van der Waals surface area contributed by atoms with E-state index in [9.17, 15) is 9.59 Å². The van der Waals surface area contributed by atoms with Gasteiger partial charge in [-0.15, -0.1) is 0 Å². The fourth-order valence-electron chi connectivity index (χ4n) is 2.53. The van der Waals surface area contributed by atoms with Crippen LogP contribution in [0.25, 0.3) is 0 Å². The van der Waals surface area contributed by atoms with E-state index in [0.29, 0.717) is 28.6 Å². The molecular formula is C18H17ClN2O4. The number of cyclic esters (lactones) is 1. The second kappa shape index (κ2) is 7.44. The molecule has 0 radical (unpaired) electrons. The van der Waals surface area contributed by atoms with Crippen LogP contribution >= 0.6 is 11.6 Å². The van der Waals surface area contributed by atoms with E-state index in [1.807, 2.05) is 0 Å². The summed E-state index contributed by atoms with van der Waals surface area (Å²) in [6.45, 7) is 0.584. The summed E-state index contributed by atoms with van der Waals surface area (Å²) in [5, 5.41) is 3.33. The third-order valence-electron chi connectivity index (χ3n) is 3.84. The second-order valence-electron chi connectivity index (χ2n) is 5.53. The first-order valence-corrected chi connectivity index (χ1v) is 8.10. The molecule has 3 rings (SSSR count). The SMILES string of the molecule is COc1cccc(N2CC(CNC(=O)c3ccc(Cl)cc3)OC2=O)c1. The van der Waals surface area contributed by atoms with Crippen LogP contribution in [-0.4, -0.2) is 38.3 Å². The molecule has 0 spiro atoms. The summed E-state index contributed by atoms with van der Waals surface area (Å²) in [7, 11) is 1.57. The molecule has 1 fully saturated rings. The Hall–Kier alpha value is -2.73. The van der Waals surface area contributed by atoms with Gasteiger partial charge in [-0.1, -0.05) is 17.7 Å². The van der Waals surface area contributed by atoms with Gasteiger partial charge in [-0.2, -0.15) is 0 Å². The maximum absolute atomic E-state index is 12.1. The van der Waals surface area contributed by atoms with E-state index in [1.165, 1.54) is 4.90 Å². The molecule has 1 aliphatic rings. The fourth-order valence-corrected chi connectivity index (χ4v) is 2.65. The van der Waals surface area contributed by atoms with Crippen LogP contribution in [0.4, 0.5) is 10.5 Å². The Morgan fingerprint density at radius 3 is 2.80 bits per heavy atom. The summed E-state index contributed by atoms with van der Waals surface area (Å²) >= 11 is 5.81. The number of nitrogens with zero attached hydrogens (tertiary/aromatic N) is 1. The second-order valence-corrected chi connectivity index (χ2v) is 5.97. The van der Waals surface area contributed by atoms with Crippen molar-refractivity contribution in [1.82, 2.24) is 5.32 Å². The minimum atomic E-state index is -0.445. The number of carbonyl (C=O) groups excluding carboxylic acids is 2. The molecular weight excluding hydrogens is 344 g/mol. The molecule has 1 unspecified atom stereocenters. The summed E-state index contributed by atoms with van der Waals surface area (Å²) in [5.41, 5.74) is 1.19. The van der Waals surface area contributed by atoms with E-state index in [1.54, 1.807) is 55.6 Å². The summed E-state index contributed by atoms with van der Waals surface area (Å²) < 4.78 is 10.5. The van der Waals surface area contributed by atoms with Crippen LogP contribution in [0.2, 0.25) is 5.02 Å². The maximum atomic E-state index is 12.1. The average Bonchev–Trinajstić information content (AvgIpc) is 3.01. The van der Waals surface area contributed by atoms with E-state index in [-0.39, 0.29) is 12.5 Å². The number of halogens is 1. The molecule has 2 amide bonds. The Morgan fingerprint density at radius 2 is 2.08 bits per heavy atom. The van der Waals surface area contributed by atoms with E-state index in [2.05, 4.69) is 5.32 Å². The van der Waals surface area contributed by atoms with Gasteiger partial charge in [0.15, 0.2) is 0 Å². The first kappa shape index (κ1) is 17.1. The number of benzene rings is 2. The molecule has 6 nitrogen and oxygen atoms in total. The highest BCUT2D eigenvalue weighted by Gasteiger charge is 2.32. The Bertz CT molecular complexity index is 779. The molecule has 2 aromatic rings. The molecule has 1 heterocycles. The van der Waals surface area contributed by atoms with E-state index < -0.39 is 12.2 Å². The lowest BCUT2D eigenvalue weighted by Crippen LogP contribution is -2.34. The van der Waals surface area contributed by atoms with Gasteiger partial charge in [0.2, 0.25) is 0 Å². The molecule has 1 atom stereocenters. The summed E-state index contributed by atoms with van der Waals surface area (Å²) in [6, 6.07) is 13.7. The highest BCUT2D eigenvalue weighted by molar-refractivity contribution is 6.30. The number of amides is 2. The predicted octanol–water partition coefficient (Wildman–Crippen LogP) is 3.10. The normalized spacial score (nSPS) is 16.5. The molecule has 25 heavy (non-hydrogen) atoms. The first-order valence-electron chi connectivity index (χ1n) is 7.73. The fraction of sp³-hybridized carbons (Fsp3) is 0.222. The number of hydrogen-bond donors (Lipinski definition) is 1. The Morgan fingerprint density at radius 1 is 1.32 bits per heavy atom. The summed E-state index contributed by atoms with van der Waals surface area (Å²) in [6.07, 6.45) is -0.867. The quantitative estimate of drug-likeness (QED) is 0.889. The molecule has 0 aliphatic carbocycles. The zero-order valence-electron chi connectivity index (χ0n) is 13.6. The molecule has 7 heteroatoms. The molecule has 1 aliphatic heterocycles. The van der Waals surface area contributed by atoms with Crippen molar-refractivity contribution in [2.24, 2.45) is 0 Å². The van der Waals surface area contributed by atoms with Crippen molar-refractivity contribution in [3.05, 3.63) is 59.1 Å². The average molecular weight is 361 g/mol. The first-order chi connectivity index (χ1) is 12.1. The van der Waals surface area contributed by atoms with Crippen LogP contribution in [-0.2, 0) is 4.74 Å². The van der Waals surface area contributed by atoms with Crippen LogP contribution < -0.4 is 15.0 Å². The monoisotopic (exact) mass is 360 g/mol. The number of ether oxygens (including phenoxy) is 2. The Balaban J connectivity index is 1.59. The largest absolute Gasteiger partial charge is 0.497 e. The van der Waals surface area contributed by atoms with Gasteiger partial charge in [0, 0.05) is 16.7 Å². The zero-order valence-corrected chi connectivity index (χ0v) is 14.3. The highest BCUT2D eigenvalue weighted by atomic mass is 35.5. The van der Waals surface area contributed by atoms with Gasteiger partial charge in [0.1, 0.15) is 11.9 Å². The molecule has 0 aromatic heterocycles. The number of nitrogens with one attached hydrogen (secondary N) is 1. The van der Waals surface area contributed by atoms with Crippen LogP contribution in [0.1, 0.15) is 10.4 Å². The number of hydrogen-bond acceptors (Lipinski definition) is 4. The molecule has 130 valence electrons. The van der Waals surface area contributed by atoms with Crippen molar-refractivity contribution >= 4 is 29.3 Å². The number of carbonyl (C=O) groups is 2. The van der Waals surface area contributed by atoms with Crippen LogP contribution in [0, 0.1) is 0 Å². The molecule has 1 saturated heterocycles. The van der Waals surface area contributed by atoms with Crippen LogP contribution in [0.15, 0.2) is 48.5 Å². The minimum Gasteiger partial charge on any atom is -0.497 e. The van der Waals surface area contributed by atoms with Crippen molar-refractivity contribution in [3.8, 4) is 5.75 Å². The Kier molecular flexibility index (Phi) is 5.09. The predicted molar refractivity (Wildman–Crippen MR) is 94.4 cm³/mol. The van der Waals surface area contributed by atoms with Gasteiger partial charge in [0.05, 0.1) is 25.9 Å². The third kappa shape index (κ3) is 4.03. The lowest BCUT2D eigenvalue weighted by Gasteiger charge is -2.14. The summed E-state index contributed by atoms with van der Waals surface area (Å²) in [4.78, 5) is 25.7. The molecule has 0 bridgehead atoms. The van der Waals surface area contributed by atoms with Gasteiger partial charge in [-0.05, 0) is 36.4 Å². The smallest absolute Gasteiger partial charge is 0.414 e. The van der Waals surface area contributed by atoms with Crippen molar-refractivity contribution in [2.75, 3.05) is 25.1 Å². The van der Waals surface area contributed by atoms with E-state index in [0.717, 1.165) is 0 Å². The highest BCUT2D eigenvalue weighted by Crippen LogP contribution is 2.25. The molecule has 0 saturated carbocycles. The van der Waals surface area contributed by atoms with Crippen molar-refractivity contribution in [3.63, 3.8) is 0 Å². The van der Waals surface area contributed by atoms with Gasteiger partial charge in [0.25, 0.3) is 5.91 Å². The minimum absolute atomic E-state index is 0.230. The number of anilines is 1. The van der Waals surface area contributed by atoms with Crippen molar-refractivity contribution in [1.29, 1.82) is 0 Å². The molecule has 1 N–H and O–H groups in total. The topological polar surface area (TPSA) is 67.9 Å². The van der Waals surface area contributed by atoms with Crippen LogP contribution in [0.3, 0.4) is 0 Å².